The minimum atomic E-state index is -3.80. The lowest BCUT2D eigenvalue weighted by atomic mass is 9.86. The SMILES string of the molecule is O=[N+]([O-])C1=CC=CCC1S(=O)(=O)NC[C@H]1CC[C@H](NC2NC3=C(CCSc4ccccc43)S2)CC1. The Morgan fingerprint density at radius 3 is 2.77 bits per heavy atom. The molecule has 35 heavy (non-hydrogen) atoms. The molecule has 0 bridgehead atoms. The molecular weight excluding hydrogens is 504 g/mol. The number of hydrogen-bond acceptors (Lipinski definition) is 8. The van der Waals surface area contributed by atoms with Gasteiger partial charge in [0.15, 0.2) is 5.25 Å². The summed E-state index contributed by atoms with van der Waals surface area (Å²) in [5.74, 6) is 1.34. The fourth-order valence-electron chi connectivity index (χ4n) is 5.13. The minimum Gasteiger partial charge on any atom is -0.360 e. The first-order valence-electron chi connectivity index (χ1n) is 12.0. The van der Waals surface area contributed by atoms with Crippen LogP contribution in [0.1, 0.15) is 44.1 Å². The second-order valence-corrected chi connectivity index (χ2v) is 13.6. The summed E-state index contributed by atoms with van der Waals surface area (Å²) in [6.45, 7) is 0.334. The number of allylic oxidation sites excluding steroid dienone is 4. The van der Waals surface area contributed by atoms with Gasteiger partial charge in [-0.1, -0.05) is 42.1 Å². The second-order valence-electron chi connectivity index (χ2n) is 9.31. The predicted molar refractivity (Wildman–Crippen MR) is 142 cm³/mol. The molecule has 2 aliphatic carbocycles. The monoisotopic (exact) mass is 534 g/mol. The van der Waals surface area contributed by atoms with Gasteiger partial charge in [-0.15, -0.1) is 11.8 Å². The van der Waals surface area contributed by atoms with E-state index in [1.807, 2.05) is 23.5 Å². The minimum absolute atomic E-state index is 0.131. The van der Waals surface area contributed by atoms with E-state index in [2.05, 4.69) is 39.6 Å². The quantitative estimate of drug-likeness (QED) is 0.355. The third kappa shape index (κ3) is 5.64. The molecule has 0 spiro atoms. The Bertz CT molecular complexity index is 1170. The molecule has 3 N–H and O–H groups in total. The third-order valence-electron chi connectivity index (χ3n) is 7.03. The van der Waals surface area contributed by atoms with Gasteiger partial charge in [-0.05, 0) is 50.5 Å². The Labute approximate surface area is 214 Å². The van der Waals surface area contributed by atoms with Crippen molar-refractivity contribution in [1.29, 1.82) is 0 Å². The van der Waals surface area contributed by atoms with Gasteiger partial charge in [-0.25, -0.2) is 13.1 Å². The maximum atomic E-state index is 12.8. The lowest BCUT2D eigenvalue weighted by Gasteiger charge is -2.31. The smallest absolute Gasteiger partial charge is 0.266 e. The van der Waals surface area contributed by atoms with E-state index in [0.717, 1.165) is 37.9 Å². The van der Waals surface area contributed by atoms with Crippen LogP contribution >= 0.6 is 23.5 Å². The topological polar surface area (TPSA) is 113 Å². The summed E-state index contributed by atoms with van der Waals surface area (Å²) in [6, 6.07) is 8.96. The highest BCUT2D eigenvalue weighted by Crippen LogP contribution is 2.43. The molecule has 0 radical (unpaired) electrons. The zero-order valence-corrected chi connectivity index (χ0v) is 21.8. The molecule has 2 atom stereocenters. The summed E-state index contributed by atoms with van der Waals surface area (Å²) in [4.78, 5) is 13.4. The summed E-state index contributed by atoms with van der Waals surface area (Å²) in [5, 5.41) is 17.6. The Balaban J connectivity index is 1.10. The lowest BCUT2D eigenvalue weighted by Crippen LogP contribution is -2.45. The molecule has 4 aliphatic rings. The summed E-state index contributed by atoms with van der Waals surface area (Å²) in [7, 11) is -3.80. The number of hydrogen-bond donors (Lipinski definition) is 3. The number of benzene rings is 1. The molecule has 0 saturated heterocycles. The Morgan fingerprint density at radius 2 is 1.97 bits per heavy atom. The summed E-state index contributed by atoms with van der Waals surface area (Å²) in [6.07, 6.45) is 9.50. The summed E-state index contributed by atoms with van der Waals surface area (Å²) >= 11 is 3.80. The molecule has 2 unspecified atom stereocenters. The first-order valence-corrected chi connectivity index (χ1v) is 15.5. The fraction of sp³-hybridized carbons (Fsp3) is 0.500. The highest BCUT2D eigenvalue weighted by Gasteiger charge is 2.37. The van der Waals surface area contributed by atoms with Gasteiger partial charge in [0, 0.05) is 39.8 Å². The van der Waals surface area contributed by atoms with Crippen molar-refractivity contribution in [1.82, 2.24) is 15.4 Å². The molecular formula is C24H30N4O4S3. The van der Waals surface area contributed by atoms with E-state index in [4.69, 9.17) is 0 Å². The zero-order valence-electron chi connectivity index (χ0n) is 19.3. The number of nitro groups is 1. The normalized spacial score (nSPS) is 28.5. The van der Waals surface area contributed by atoms with Crippen molar-refractivity contribution in [2.45, 2.75) is 60.2 Å². The van der Waals surface area contributed by atoms with Gasteiger partial charge >= 0.3 is 0 Å². The van der Waals surface area contributed by atoms with E-state index in [1.165, 1.54) is 27.1 Å². The zero-order chi connectivity index (χ0) is 24.4. The van der Waals surface area contributed by atoms with Crippen molar-refractivity contribution in [3.05, 3.63) is 68.8 Å². The van der Waals surface area contributed by atoms with Gasteiger partial charge in [-0.3, -0.25) is 15.4 Å². The number of nitrogens with zero attached hydrogens (tertiary/aromatic N) is 1. The maximum Gasteiger partial charge on any atom is 0.266 e. The van der Waals surface area contributed by atoms with Crippen LogP contribution in [0.25, 0.3) is 5.70 Å². The van der Waals surface area contributed by atoms with Crippen molar-refractivity contribution in [2.24, 2.45) is 5.92 Å². The van der Waals surface area contributed by atoms with Gasteiger partial charge in [0.25, 0.3) is 5.70 Å². The Kier molecular flexibility index (Phi) is 7.59. The van der Waals surface area contributed by atoms with Crippen LogP contribution in [0.2, 0.25) is 0 Å². The van der Waals surface area contributed by atoms with E-state index in [9.17, 15) is 18.5 Å². The fourth-order valence-corrected chi connectivity index (χ4v) is 9.03. The molecule has 1 aromatic rings. The van der Waals surface area contributed by atoms with Crippen LogP contribution in [-0.4, -0.2) is 42.4 Å². The molecule has 8 nitrogen and oxygen atoms in total. The highest BCUT2D eigenvalue weighted by molar-refractivity contribution is 8.04. The van der Waals surface area contributed by atoms with Crippen molar-refractivity contribution >= 4 is 39.2 Å². The van der Waals surface area contributed by atoms with Crippen molar-refractivity contribution in [3.63, 3.8) is 0 Å². The van der Waals surface area contributed by atoms with E-state index in [1.54, 1.807) is 12.2 Å². The van der Waals surface area contributed by atoms with Gasteiger partial charge < -0.3 is 5.32 Å². The van der Waals surface area contributed by atoms with Crippen molar-refractivity contribution in [2.75, 3.05) is 12.3 Å². The summed E-state index contributed by atoms with van der Waals surface area (Å²) in [5.41, 5.74) is 2.45. The highest BCUT2D eigenvalue weighted by atomic mass is 32.2. The molecule has 188 valence electrons. The largest absolute Gasteiger partial charge is 0.360 e. The summed E-state index contributed by atoms with van der Waals surface area (Å²) < 4.78 is 28.2. The first kappa shape index (κ1) is 24.9. The van der Waals surface area contributed by atoms with Gasteiger partial charge in [-0.2, -0.15) is 0 Å². The van der Waals surface area contributed by atoms with E-state index < -0.39 is 20.2 Å². The maximum absolute atomic E-state index is 12.8. The van der Waals surface area contributed by atoms with Gasteiger partial charge in [0.2, 0.25) is 10.0 Å². The molecule has 1 aromatic carbocycles. The molecule has 5 rings (SSSR count). The predicted octanol–water partition coefficient (Wildman–Crippen LogP) is 4.03. The average Bonchev–Trinajstić information content (AvgIpc) is 3.18. The van der Waals surface area contributed by atoms with Gasteiger partial charge in [0.1, 0.15) is 5.50 Å². The molecule has 2 aliphatic heterocycles. The van der Waals surface area contributed by atoms with Crippen molar-refractivity contribution < 1.29 is 13.3 Å². The van der Waals surface area contributed by atoms with Crippen LogP contribution in [0.15, 0.2) is 58.0 Å². The molecule has 0 aromatic heterocycles. The number of sulfonamides is 1. The number of rotatable bonds is 7. The molecule has 0 amide bonds. The second kappa shape index (κ2) is 10.7. The third-order valence-corrected chi connectivity index (χ3v) is 11.0. The standard InChI is InChI=1S/C24H30N4O4S3/c29-28(30)19-6-2-4-8-22(19)35(31,32)25-15-16-9-11-17(12-10-16)26-24-27-23-18-5-1-3-7-20(18)33-14-13-21(23)34-24/h1-7,16-17,22,24-27H,8-15H2/t16-,17-,22?,24?. The van der Waals surface area contributed by atoms with Gasteiger partial charge in [0.05, 0.1) is 10.6 Å². The Morgan fingerprint density at radius 1 is 1.17 bits per heavy atom. The molecule has 1 saturated carbocycles. The van der Waals surface area contributed by atoms with Crippen LogP contribution in [-0.2, 0) is 10.0 Å². The van der Waals surface area contributed by atoms with Crippen molar-refractivity contribution in [3.8, 4) is 0 Å². The molecule has 11 heteroatoms. The van der Waals surface area contributed by atoms with Crippen LogP contribution in [0.3, 0.4) is 0 Å². The van der Waals surface area contributed by atoms with Crippen LogP contribution in [0, 0.1) is 16.0 Å². The lowest BCUT2D eigenvalue weighted by molar-refractivity contribution is -0.427. The van der Waals surface area contributed by atoms with E-state index in [-0.39, 0.29) is 23.5 Å². The molecule has 2 heterocycles. The average molecular weight is 535 g/mol. The number of fused-ring (bicyclic) bond motifs is 2. The van der Waals surface area contributed by atoms with Crippen LogP contribution < -0.4 is 15.4 Å². The number of thioether (sulfide) groups is 2. The van der Waals surface area contributed by atoms with E-state index >= 15 is 0 Å². The van der Waals surface area contributed by atoms with Crippen LogP contribution in [0.5, 0.6) is 0 Å². The van der Waals surface area contributed by atoms with E-state index in [0.29, 0.717) is 12.6 Å². The number of nitrogens with one attached hydrogen (secondary N) is 3. The van der Waals surface area contributed by atoms with Crippen LogP contribution in [0.4, 0.5) is 0 Å². The first-order chi connectivity index (χ1) is 16.9. The Hall–Kier alpha value is -1.79. The molecule has 1 fully saturated rings.